The Balaban J connectivity index is 1.55. The Labute approximate surface area is 160 Å². The van der Waals surface area contributed by atoms with E-state index in [0.29, 0.717) is 11.8 Å². The largest absolute Gasteiger partial charge is 0.497 e. The van der Waals surface area contributed by atoms with Gasteiger partial charge in [-0.3, -0.25) is 0 Å². The number of nitrogens with zero attached hydrogens (tertiary/aromatic N) is 4. The highest BCUT2D eigenvalue weighted by molar-refractivity contribution is 5.59. The molecule has 0 unspecified atom stereocenters. The van der Waals surface area contributed by atoms with Crippen molar-refractivity contribution in [3.05, 3.63) is 79.0 Å². The average Bonchev–Trinajstić information content (AvgIpc) is 3.19. The molecule has 0 aliphatic heterocycles. The number of benzene rings is 2. The zero-order valence-corrected chi connectivity index (χ0v) is 15.0. The predicted octanol–water partition coefficient (Wildman–Crippen LogP) is 4.30. The maximum Gasteiger partial charge on any atom is 0.246 e. The van der Waals surface area contributed by atoms with Gasteiger partial charge in [0.2, 0.25) is 5.95 Å². The van der Waals surface area contributed by atoms with Crippen molar-refractivity contribution in [3.63, 3.8) is 0 Å². The first kappa shape index (κ1) is 17.5. The van der Waals surface area contributed by atoms with Gasteiger partial charge in [0.15, 0.2) is 5.82 Å². The molecule has 2 N–H and O–H groups in total. The summed E-state index contributed by atoms with van der Waals surface area (Å²) in [6.45, 7) is 0. The number of halogens is 1. The number of rotatable bonds is 6. The topological polar surface area (TPSA) is 76.9 Å². The van der Waals surface area contributed by atoms with Gasteiger partial charge >= 0.3 is 0 Å². The molecule has 0 fully saturated rings. The van der Waals surface area contributed by atoms with Crippen LogP contribution in [-0.4, -0.2) is 26.9 Å². The molecule has 0 spiro atoms. The second-order valence-electron chi connectivity index (χ2n) is 5.88. The third-order valence-corrected chi connectivity index (χ3v) is 3.97. The van der Waals surface area contributed by atoms with Crippen LogP contribution in [0.25, 0.3) is 5.69 Å². The summed E-state index contributed by atoms with van der Waals surface area (Å²) in [7, 11) is 1.61. The molecule has 4 rings (SSSR count). The Kier molecular flexibility index (Phi) is 4.83. The van der Waals surface area contributed by atoms with Crippen molar-refractivity contribution in [2.24, 2.45) is 0 Å². The van der Waals surface area contributed by atoms with Gasteiger partial charge in [0.05, 0.1) is 13.3 Å². The average molecular weight is 376 g/mol. The summed E-state index contributed by atoms with van der Waals surface area (Å²) in [6, 6.07) is 18.4. The Morgan fingerprint density at radius 2 is 1.68 bits per heavy atom. The molecule has 2 heterocycles. The van der Waals surface area contributed by atoms with Crippen LogP contribution >= 0.6 is 0 Å². The minimum absolute atomic E-state index is 0.236. The number of methoxy groups -OCH3 is 1. The van der Waals surface area contributed by atoms with Crippen molar-refractivity contribution in [1.82, 2.24) is 19.7 Å². The molecule has 7 nitrogen and oxygen atoms in total. The van der Waals surface area contributed by atoms with E-state index in [1.54, 1.807) is 13.2 Å². The number of para-hydroxylation sites is 1. The van der Waals surface area contributed by atoms with Gasteiger partial charge in [0, 0.05) is 17.4 Å². The maximum absolute atomic E-state index is 14.3. The van der Waals surface area contributed by atoms with Crippen molar-refractivity contribution >= 4 is 23.1 Å². The Morgan fingerprint density at radius 1 is 0.929 bits per heavy atom. The fourth-order valence-electron chi connectivity index (χ4n) is 2.58. The molecule has 0 saturated heterocycles. The fourth-order valence-corrected chi connectivity index (χ4v) is 2.58. The molecule has 0 aliphatic carbocycles. The number of nitrogens with one attached hydrogen (secondary N) is 2. The molecule has 28 heavy (non-hydrogen) atoms. The molecule has 8 heteroatoms. The second-order valence-corrected chi connectivity index (χ2v) is 5.88. The fraction of sp³-hybridized carbons (Fsp3) is 0.0500. The van der Waals surface area contributed by atoms with Crippen molar-refractivity contribution in [3.8, 4) is 11.4 Å². The van der Waals surface area contributed by atoms with E-state index in [1.165, 1.54) is 11.0 Å². The van der Waals surface area contributed by atoms with Gasteiger partial charge in [0.25, 0.3) is 0 Å². The summed E-state index contributed by atoms with van der Waals surface area (Å²) < 4.78 is 20.8. The zero-order chi connectivity index (χ0) is 19.3. The third kappa shape index (κ3) is 3.90. The standard InChI is InChI=1S/C20H17FN6O/c1-28-16-9-7-15(8-10-16)24-19-11-18(17(21)12-22-19)27-13-23-20(26-27)25-14-5-3-2-4-6-14/h2-13H,1H3,(H,22,24)(H,25,26). The molecule has 0 atom stereocenters. The molecule has 0 aliphatic rings. The van der Waals surface area contributed by atoms with E-state index in [-0.39, 0.29) is 5.69 Å². The number of pyridine rings is 1. The number of ether oxygens (including phenoxy) is 1. The first-order valence-corrected chi connectivity index (χ1v) is 8.52. The highest BCUT2D eigenvalue weighted by Gasteiger charge is 2.10. The normalized spacial score (nSPS) is 10.5. The summed E-state index contributed by atoms with van der Waals surface area (Å²) in [4.78, 5) is 8.26. The van der Waals surface area contributed by atoms with Crippen LogP contribution in [0.15, 0.2) is 73.2 Å². The minimum atomic E-state index is -0.503. The molecule has 4 aromatic rings. The maximum atomic E-state index is 14.3. The van der Waals surface area contributed by atoms with Crippen molar-refractivity contribution in [2.45, 2.75) is 0 Å². The van der Waals surface area contributed by atoms with E-state index in [9.17, 15) is 4.39 Å². The van der Waals surface area contributed by atoms with Gasteiger partial charge in [-0.1, -0.05) is 18.2 Å². The number of anilines is 4. The van der Waals surface area contributed by atoms with Crippen LogP contribution in [0.2, 0.25) is 0 Å². The highest BCUT2D eigenvalue weighted by atomic mass is 19.1. The van der Waals surface area contributed by atoms with Crippen LogP contribution in [0.1, 0.15) is 0 Å². The van der Waals surface area contributed by atoms with Gasteiger partial charge in [-0.25, -0.2) is 14.1 Å². The number of hydrogen-bond acceptors (Lipinski definition) is 6. The molecule has 0 radical (unpaired) electrons. The van der Waals surface area contributed by atoms with Crippen LogP contribution in [0.3, 0.4) is 0 Å². The zero-order valence-electron chi connectivity index (χ0n) is 15.0. The smallest absolute Gasteiger partial charge is 0.246 e. The lowest BCUT2D eigenvalue weighted by Crippen LogP contribution is -2.03. The van der Waals surface area contributed by atoms with Crippen molar-refractivity contribution in [2.75, 3.05) is 17.7 Å². The van der Waals surface area contributed by atoms with Crippen LogP contribution in [0.4, 0.5) is 27.5 Å². The Hall–Kier alpha value is -3.94. The molecular weight excluding hydrogens is 359 g/mol. The van der Waals surface area contributed by atoms with Crippen LogP contribution < -0.4 is 15.4 Å². The summed E-state index contributed by atoms with van der Waals surface area (Å²) >= 11 is 0. The van der Waals surface area contributed by atoms with Gasteiger partial charge in [-0.2, -0.15) is 4.98 Å². The Morgan fingerprint density at radius 3 is 2.43 bits per heavy atom. The first-order chi connectivity index (χ1) is 13.7. The van der Waals surface area contributed by atoms with E-state index in [1.807, 2.05) is 54.6 Å². The van der Waals surface area contributed by atoms with Crippen molar-refractivity contribution < 1.29 is 9.13 Å². The molecule has 0 bridgehead atoms. The molecular formula is C20H17FN6O. The Bertz CT molecular complexity index is 1070. The van der Waals surface area contributed by atoms with Gasteiger partial charge in [0.1, 0.15) is 23.6 Å². The van der Waals surface area contributed by atoms with E-state index in [0.717, 1.165) is 23.3 Å². The molecule has 0 saturated carbocycles. The van der Waals surface area contributed by atoms with Crippen LogP contribution in [0, 0.1) is 5.82 Å². The van der Waals surface area contributed by atoms with Gasteiger partial charge in [-0.05, 0) is 36.4 Å². The van der Waals surface area contributed by atoms with E-state index in [2.05, 4.69) is 25.7 Å². The predicted molar refractivity (Wildman–Crippen MR) is 105 cm³/mol. The van der Waals surface area contributed by atoms with E-state index >= 15 is 0 Å². The summed E-state index contributed by atoms with van der Waals surface area (Å²) in [6.07, 6.45) is 2.59. The number of hydrogen-bond donors (Lipinski definition) is 2. The first-order valence-electron chi connectivity index (χ1n) is 8.52. The molecule has 140 valence electrons. The number of aromatic nitrogens is 4. The van der Waals surface area contributed by atoms with E-state index in [4.69, 9.17) is 4.74 Å². The quantitative estimate of drug-likeness (QED) is 0.523. The summed E-state index contributed by atoms with van der Waals surface area (Å²) in [5, 5.41) is 10.5. The van der Waals surface area contributed by atoms with E-state index < -0.39 is 5.82 Å². The highest BCUT2D eigenvalue weighted by Crippen LogP contribution is 2.22. The molecule has 0 amide bonds. The van der Waals surface area contributed by atoms with Crippen LogP contribution in [0.5, 0.6) is 5.75 Å². The second kappa shape index (κ2) is 7.75. The van der Waals surface area contributed by atoms with Crippen molar-refractivity contribution in [1.29, 1.82) is 0 Å². The summed E-state index contributed by atoms with van der Waals surface area (Å²) in [5.74, 6) is 1.09. The molecule has 2 aromatic carbocycles. The minimum Gasteiger partial charge on any atom is -0.497 e. The lowest BCUT2D eigenvalue weighted by atomic mass is 10.3. The van der Waals surface area contributed by atoms with Crippen LogP contribution in [-0.2, 0) is 0 Å². The summed E-state index contributed by atoms with van der Waals surface area (Å²) in [5.41, 5.74) is 1.88. The lowest BCUT2D eigenvalue weighted by Gasteiger charge is -2.09. The van der Waals surface area contributed by atoms with Gasteiger partial charge < -0.3 is 15.4 Å². The van der Waals surface area contributed by atoms with Gasteiger partial charge in [-0.15, -0.1) is 5.10 Å². The SMILES string of the molecule is COc1ccc(Nc2cc(-n3cnc(Nc4ccccc4)n3)c(F)cn2)cc1. The third-order valence-electron chi connectivity index (χ3n) is 3.97. The monoisotopic (exact) mass is 376 g/mol. The molecule has 2 aromatic heterocycles. The lowest BCUT2D eigenvalue weighted by molar-refractivity contribution is 0.415.